The molecule has 1 aliphatic rings. The summed E-state index contributed by atoms with van der Waals surface area (Å²) in [4.78, 5) is 4.32. The van der Waals surface area contributed by atoms with Crippen LogP contribution in [0.4, 0.5) is 13.2 Å². The minimum Gasteiger partial charge on any atom is -0.497 e. The third-order valence-electron chi connectivity index (χ3n) is 3.93. The van der Waals surface area contributed by atoms with Crippen molar-refractivity contribution in [2.45, 2.75) is 11.3 Å². The van der Waals surface area contributed by atoms with Gasteiger partial charge in [-0.3, -0.25) is 5.10 Å². The van der Waals surface area contributed by atoms with Crippen LogP contribution in [0.2, 0.25) is 0 Å². The Hall–Kier alpha value is -3.15. The van der Waals surface area contributed by atoms with Gasteiger partial charge in [0.15, 0.2) is 11.6 Å². The summed E-state index contributed by atoms with van der Waals surface area (Å²) in [6.45, 7) is 0.465. The zero-order chi connectivity index (χ0) is 20.4. The van der Waals surface area contributed by atoms with Gasteiger partial charge in [0.2, 0.25) is 5.16 Å². The SMILES string of the molecule is COc1cc(-c2ccc(-c3nc(SCC4=NN=NC4)n[nH]3)o2)cc(C(F)(F)F)c1. The molecule has 0 atom stereocenters. The highest BCUT2D eigenvalue weighted by molar-refractivity contribution is 7.99. The normalized spacial score (nSPS) is 13.7. The zero-order valence-corrected chi connectivity index (χ0v) is 15.7. The third kappa shape index (κ3) is 4.31. The molecule has 1 N–H and O–H groups in total. The molecular formula is C17H13F3N6O2S. The van der Waals surface area contributed by atoms with Crippen molar-refractivity contribution in [2.24, 2.45) is 15.4 Å². The Kier molecular flexibility index (Phi) is 5.09. The number of thioether (sulfide) groups is 1. The molecule has 0 unspecified atom stereocenters. The average Bonchev–Trinajstić information content (AvgIpc) is 3.46. The highest BCUT2D eigenvalue weighted by atomic mass is 32.2. The molecule has 0 radical (unpaired) electrons. The molecule has 0 spiro atoms. The number of benzene rings is 1. The van der Waals surface area contributed by atoms with Crippen LogP contribution in [0.15, 0.2) is 55.3 Å². The van der Waals surface area contributed by atoms with Crippen LogP contribution in [0, 0.1) is 0 Å². The Balaban J connectivity index is 1.54. The van der Waals surface area contributed by atoms with E-state index in [4.69, 9.17) is 9.15 Å². The maximum Gasteiger partial charge on any atom is 0.416 e. The molecule has 1 aliphatic heterocycles. The van der Waals surface area contributed by atoms with Crippen LogP contribution in [0.1, 0.15) is 5.56 Å². The summed E-state index contributed by atoms with van der Waals surface area (Å²) in [7, 11) is 1.31. The third-order valence-corrected chi connectivity index (χ3v) is 4.85. The molecule has 1 aromatic carbocycles. The van der Waals surface area contributed by atoms with Gasteiger partial charge in [-0.05, 0) is 35.6 Å². The summed E-state index contributed by atoms with van der Waals surface area (Å²) in [6, 6.07) is 6.58. The summed E-state index contributed by atoms with van der Waals surface area (Å²) >= 11 is 1.36. The predicted molar refractivity (Wildman–Crippen MR) is 99.0 cm³/mol. The number of hydrogen-bond acceptors (Lipinski definition) is 8. The standard InChI is InChI=1S/C17H13F3N6O2S/c1-27-12-5-9(4-10(6-12)17(18,19)20)13-2-3-14(28-13)15-22-16(25-24-15)29-8-11-7-21-26-23-11/h2-6H,7-8H2,1H3,(H,22,24,25). The topological polar surface area (TPSA) is 101 Å². The second-order valence-corrected chi connectivity index (χ2v) is 6.86. The molecule has 2 aromatic heterocycles. The lowest BCUT2D eigenvalue weighted by molar-refractivity contribution is -0.137. The van der Waals surface area contributed by atoms with Crippen molar-refractivity contribution in [3.8, 4) is 28.7 Å². The number of aromatic nitrogens is 3. The van der Waals surface area contributed by atoms with E-state index in [1.807, 2.05) is 0 Å². The van der Waals surface area contributed by atoms with Crippen molar-refractivity contribution >= 4 is 17.5 Å². The van der Waals surface area contributed by atoms with Crippen molar-refractivity contribution in [1.29, 1.82) is 0 Å². The fourth-order valence-electron chi connectivity index (χ4n) is 2.53. The number of H-pyrrole nitrogens is 1. The number of rotatable bonds is 6. The molecule has 3 aromatic rings. The molecule has 0 saturated carbocycles. The first-order valence-electron chi connectivity index (χ1n) is 8.26. The van der Waals surface area contributed by atoms with Crippen LogP contribution in [0.3, 0.4) is 0 Å². The van der Waals surface area contributed by atoms with Crippen LogP contribution in [0.25, 0.3) is 22.9 Å². The quantitative estimate of drug-likeness (QED) is 0.582. The number of furan rings is 1. The van der Waals surface area contributed by atoms with Gasteiger partial charge >= 0.3 is 6.18 Å². The molecule has 0 amide bonds. The first-order valence-corrected chi connectivity index (χ1v) is 9.25. The van der Waals surface area contributed by atoms with Gasteiger partial charge in [0.05, 0.1) is 18.4 Å². The van der Waals surface area contributed by atoms with Crippen molar-refractivity contribution in [2.75, 3.05) is 19.4 Å². The number of nitrogens with one attached hydrogen (secondary N) is 1. The highest BCUT2D eigenvalue weighted by Gasteiger charge is 2.32. The Morgan fingerprint density at radius 2 is 2.03 bits per heavy atom. The second-order valence-electron chi connectivity index (χ2n) is 5.92. The van der Waals surface area contributed by atoms with E-state index in [2.05, 4.69) is 30.6 Å². The Morgan fingerprint density at radius 1 is 1.21 bits per heavy atom. The largest absolute Gasteiger partial charge is 0.497 e. The van der Waals surface area contributed by atoms with Gasteiger partial charge in [0.1, 0.15) is 18.1 Å². The highest BCUT2D eigenvalue weighted by Crippen LogP contribution is 2.36. The van der Waals surface area contributed by atoms with Gasteiger partial charge in [0, 0.05) is 11.3 Å². The maximum atomic E-state index is 13.1. The van der Waals surface area contributed by atoms with E-state index in [1.54, 1.807) is 12.1 Å². The molecule has 0 saturated heterocycles. The van der Waals surface area contributed by atoms with Crippen LogP contribution >= 0.6 is 11.8 Å². The Morgan fingerprint density at radius 3 is 2.76 bits per heavy atom. The molecule has 0 bridgehead atoms. The van der Waals surface area contributed by atoms with Gasteiger partial charge in [-0.1, -0.05) is 11.8 Å². The van der Waals surface area contributed by atoms with Crippen molar-refractivity contribution < 1.29 is 22.3 Å². The van der Waals surface area contributed by atoms with E-state index in [1.165, 1.54) is 24.9 Å². The van der Waals surface area contributed by atoms with Crippen LogP contribution in [-0.2, 0) is 6.18 Å². The van der Waals surface area contributed by atoms with E-state index >= 15 is 0 Å². The summed E-state index contributed by atoms with van der Waals surface area (Å²) in [5.74, 6) is 1.59. The fraction of sp³-hybridized carbons (Fsp3) is 0.235. The molecule has 8 nitrogen and oxygen atoms in total. The Bertz CT molecular complexity index is 1090. The lowest BCUT2D eigenvalue weighted by Gasteiger charge is -2.10. The summed E-state index contributed by atoms with van der Waals surface area (Å²) < 4.78 is 50.1. The molecule has 150 valence electrons. The van der Waals surface area contributed by atoms with Crippen molar-refractivity contribution in [3.63, 3.8) is 0 Å². The van der Waals surface area contributed by atoms with E-state index in [0.29, 0.717) is 29.0 Å². The lowest BCUT2D eigenvalue weighted by atomic mass is 10.1. The molecule has 0 fully saturated rings. The number of aromatic amines is 1. The monoisotopic (exact) mass is 422 g/mol. The number of alkyl halides is 3. The van der Waals surface area contributed by atoms with Gasteiger partial charge in [-0.25, -0.2) is 0 Å². The van der Waals surface area contributed by atoms with Crippen LogP contribution in [-0.4, -0.2) is 40.3 Å². The van der Waals surface area contributed by atoms with E-state index in [-0.39, 0.29) is 17.1 Å². The minimum absolute atomic E-state index is 0.0828. The first kappa shape index (κ1) is 19.2. The number of hydrogen-bond donors (Lipinski definition) is 1. The lowest BCUT2D eigenvalue weighted by Crippen LogP contribution is -2.05. The minimum atomic E-state index is -4.50. The van der Waals surface area contributed by atoms with E-state index < -0.39 is 11.7 Å². The van der Waals surface area contributed by atoms with Crippen LogP contribution in [0.5, 0.6) is 5.75 Å². The van der Waals surface area contributed by atoms with Gasteiger partial charge in [-0.15, -0.1) is 10.2 Å². The molecule has 12 heteroatoms. The van der Waals surface area contributed by atoms with Gasteiger partial charge in [0.25, 0.3) is 0 Å². The maximum absolute atomic E-state index is 13.1. The smallest absolute Gasteiger partial charge is 0.416 e. The number of methoxy groups -OCH3 is 1. The van der Waals surface area contributed by atoms with Crippen molar-refractivity contribution in [1.82, 2.24) is 15.2 Å². The van der Waals surface area contributed by atoms with Crippen LogP contribution < -0.4 is 4.74 Å². The molecule has 4 rings (SSSR count). The summed E-state index contributed by atoms with van der Waals surface area (Å²) in [5, 5.41) is 18.5. The second kappa shape index (κ2) is 7.70. The molecule has 3 heterocycles. The molecular weight excluding hydrogens is 409 g/mol. The fourth-order valence-corrected chi connectivity index (χ4v) is 3.24. The number of nitrogens with zero attached hydrogens (tertiary/aromatic N) is 5. The van der Waals surface area contributed by atoms with Gasteiger partial charge in [-0.2, -0.15) is 23.3 Å². The zero-order valence-electron chi connectivity index (χ0n) is 14.9. The number of ether oxygens (including phenoxy) is 1. The van der Waals surface area contributed by atoms with E-state index in [0.717, 1.165) is 17.8 Å². The first-order chi connectivity index (χ1) is 13.9. The van der Waals surface area contributed by atoms with Gasteiger partial charge < -0.3 is 9.15 Å². The molecule has 29 heavy (non-hydrogen) atoms. The van der Waals surface area contributed by atoms with E-state index in [9.17, 15) is 13.2 Å². The predicted octanol–water partition coefficient (Wildman–Crippen LogP) is 4.67. The Labute approximate surface area is 166 Å². The van der Waals surface area contributed by atoms with Crippen molar-refractivity contribution in [3.05, 3.63) is 35.9 Å². The summed E-state index contributed by atoms with van der Waals surface area (Å²) in [6.07, 6.45) is -4.50. The molecule has 0 aliphatic carbocycles. The number of halogens is 3. The summed E-state index contributed by atoms with van der Waals surface area (Å²) in [5.41, 5.74) is 0.236. The average molecular weight is 422 g/mol.